The molecule has 3 N–H and O–H groups in total. The lowest BCUT2D eigenvalue weighted by molar-refractivity contribution is 0.575. The fourth-order valence-corrected chi connectivity index (χ4v) is 2.11. The van der Waals surface area contributed by atoms with Gasteiger partial charge in [0, 0.05) is 7.05 Å². The highest BCUT2D eigenvalue weighted by atomic mass is 35.5. The van der Waals surface area contributed by atoms with Gasteiger partial charge in [-0.25, -0.2) is 5.43 Å². The van der Waals surface area contributed by atoms with Crippen molar-refractivity contribution in [3.05, 3.63) is 52.3 Å². The van der Waals surface area contributed by atoms with Crippen molar-refractivity contribution in [3.8, 4) is 0 Å². The molecule has 2 rings (SSSR count). The van der Waals surface area contributed by atoms with Crippen LogP contribution in [0.4, 0.5) is 0 Å². The number of aromatic nitrogens is 2. The van der Waals surface area contributed by atoms with Crippen molar-refractivity contribution in [1.29, 1.82) is 0 Å². The summed E-state index contributed by atoms with van der Waals surface area (Å²) in [5.74, 6) is 5.62. The second-order valence-corrected chi connectivity index (χ2v) is 4.42. The Morgan fingerprint density at radius 1 is 1.35 bits per heavy atom. The zero-order valence-corrected chi connectivity index (χ0v) is 10.6. The molecule has 0 saturated carbocycles. The van der Waals surface area contributed by atoms with Gasteiger partial charge in [0.15, 0.2) is 0 Å². The van der Waals surface area contributed by atoms with E-state index < -0.39 is 0 Å². The summed E-state index contributed by atoms with van der Waals surface area (Å²) in [5, 5.41) is 4.72. The van der Waals surface area contributed by atoms with Gasteiger partial charge >= 0.3 is 0 Å². The number of aryl methyl sites for hydroxylation is 2. The van der Waals surface area contributed by atoms with E-state index in [-0.39, 0.29) is 6.04 Å². The summed E-state index contributed by atoms with van der Waals surface area (Å²) in [6, 6.07) is 8.00. The molecule has 5 heteroatoms. The first-order valence-electron chi connectivity index (χ1n) is 5.33. The molecule has 0 aliphatic heterocycles. The Morgan fingerprint density at radius 2 is 2.00 bits per heavy atom. The van der Waals surface area contributed by atoms with Crippen LogP contribution in [-0.4, -0.2) is 9.78 Å². The molecule has 1 aromatic carbocycles. The molecule has 0 radical (unpaired) electrons. The van der Waals surface area contributed by atoms with Gasteiger partial charge < -0.3 is 0 Å². The van der Waals surface area contributed by atoms with E-state index in [9.17, 15) is 0 Å². The van der Waals surface area contributed by atoms with E-state index >= 15 is 0 Å². The number of halogens is 1. The molecule has 17 heavy (non-hydrogen) atoms. The zero-order valence-electron chi connectivity index (χ0n) is 9.81. The molecule has 4 nitrogen and oxygen atoms in total. The SMILES string of the molecule is Cc1ccc(C(NN)c2c(Cl)cnn2C)cc1. The Kier molecular flexibility index (Phi) is 3.47. The zero-order chi connectivity index (χ0) is 12.4. The summed E-state index contributed by atoms with van der Waals surface area (Å²) in [4.78, 5) is 0. The second kappa shape index (κ2) is 4.87. The number of hydrogen-bond acceptors (Lipinski definition) is 3. The minimum Gasteiger partial charge on any atom is -0.271 e. The highest BCUT2D eigenvalue weighted by molar-refractivity contribution is 6.31. The molecule has 2 aromatic rings. The molecule has 0 fully saturated rings. The molecule has 0 aliphatic carbocycles. The Morgan fingerprint density at radius 3 is 2.47 bits per heavy atom. The van der Waals surface area contributed by atoms with Crippen molar-refractivity contribution < 1.29 is 0 Å². The quantitative estimate of drug-likeness (QED) is 0.647. The lowest BCUT2D eigenvalue weighted by Crippen LogP contribution is -2.30. The van der Waals surface area contributed by atoms with Gasteiger partial charge in [-0.2, -0.15) is 5.10 Å². The van der Waals surface area contributed by atoms with Crippen LogP contribution < -0.4 is 11.3 Å². The summed E-state index contributed by atoms with van der Waals surface area (Å²) in [7, 11) is 1.85. The number of hydrogen-bond donors (Lipinski definition) is 2. The fraction of sp³-hybridized carbons (Fsp3) is 0.250. The monoisotopic (exact) mass is 250 g/mol. The third kappa shape index (κ3) is 2.34. The Bertz CT molecular complexity index is 484. The van der Waals surface area contributed by atoms with Crippen LogP contribution in [0.2, 0.25) is 5.02 Å². The van der Waals surface area contributed by atoms with Crippen LogP contribution in [0.3, 0.4) is 0 Å². The van der Waals surface area contributed by atoms with Crippen LogP contribution in [0.5, 0.6) is 0 Å². The average molecular weight is 251 g/mol. The van der Waals surface area contributed by atoms with Gasteiger partial charge in [-0.15, -0.1) is 0 Å². The summed E-state index contributed by atoms with van der Waals surface area (Å²) in [6.07, 6.45) is 1.62. The summed E-state index contributed by atoms with van der Waals surface area (Å²) < 4.78 is 1.73. The maximum absolute atomic E-state index is 6.12. The fourth-order valence-electron chi connectivity index (χ4n) is 1.84. The molecule has 1 aromatic heterocycles. The van der Waals surface area contributed by atoms with Crippen molar-refractivity contribution >= 4 is 11.6 Å². The van der Waals surface area contributed by atoms with Crippen molar-refractivity contribution in [1.82, 2.24) is 15.2 Å². The molecule has 0 saturated heterocycles. The van der Waals surface area contributed by atoms with Gasteiger partial charge in [0.25, 0.3) is 0 Å². The van der Waals surface area contributed by atoms with Gasteiger partial charge in [0.2, 0.25) is 0 Å². The van der Waals surface area contributed by atoms with Crippen LogP contribution in [-0.2, 0) is 7.05 Å². The average Bonchev–Trinajstić information content (AvgIpc) is 2.64. The summed E-state index contributed by atoms with van der Waals surface area (Å²) in [5.41, 5.74) is 5.90. The lowest BCUT2D eigenvalue weighted by atomic mass is 10.0. The molecule has 1 heterocycles. The first kappa shape index (κ1) is 12.1. The molecule has 0 amide bonds. The predicted molar refractivity (Wildman–Crippen MR) is 68.6 cm³/mol. The summed E-state index contributed by atoms with van der Waals surface area (Å²) >= 11 is 6.12. The number of benzene rings is 1. The standard InChI is InChI=1S/C12H15ClN4/c1-8-3-5-9(6-4-8)11(16-14)12-10(13)7-15-17(12)2/h3-7,11,16H,14H2,1-2H3. The van der Waals surface area contributed by atoms with Crippen LogP contribution >= 0.6 is 11.6 Å². The molecule has 90 valence electrons. The van der Waals surface area contributed by atoms with Gasteiger partial charge in [-0.3, -0.25) is 10.5 Å². The smallest absolute Gasteiger partial charge is 0.0893 e. The van der Waals surface area contributed by atoms with Gasteiger partial charge in [-0.05, 0) is 12.5 Å². The molecular formula is C12H15ClN4. The lowest BCUT2D eigenvalue weighted by Gasteiger charge is -2.17. The van der Waals surface area contributed by atoms with Crippen molar-refractivity contribution in [2.24, 2.45) is 12.9 Å². The maximum atomic E-state index is 6.12. The first-order chi connectivity index (χ1) is 8.13. The van der Waals surface area contributed by atoms with E-state index in [1.807, 2.05) is 38.2 Å². The third-order valence-corrected chi connectivity index (χ3v) is 3.08. The second-order valence-electron chi connectivity index (χ2n) is 4.01. The molecule has 1 unspecified atom stereocenters. The highest BCUT2D eigenvalue weighted by Gasteiger charge is 2.19. The van der Waals surface area contributed by atoms with Gasteiger partial charge in [-0.1, -0.05) is 41.4 Å². The number of nitrogens with zero attached hydrogens (tertiary/aromatic N) is 2. The molecule has 0 aliphatic rings. The normalized spacial score (nSPS) is 12.7. The number of nitrogens with two attached hydrogens (primary N) is 1. The van der Waals surface area contributed by atoms with Crippen molar-refractivity contribution in [2.75, 3.05) is 0 Å². The van der Waals surface area contributed by atoms with E-state index in [4.69, 9.17) is 17.4 Å². The van der Waals surface area contributed by atoms with Gasteiger partial charge in [0.05, 0.1) is 23.0 Å². The van der Waals surface area contributed by atoms with Crippen LogP contribution in [0.25, 0.3) is 0 Å². The summed E-state index contributed by atoms with van der Waals surface area (Å²) in [6.45, 7) is 2.05. The maximum Gasteiger partial charge on any atom is 0.0893 e. The Hall–Kier alpha value is -1.36. The predicted octanol–water partition coefficient (Wildman–Crippen LogP) is 1.93. The van der Waals surface area contributed by atoms with E-state index in [0.717, 1.165) is 11.3 Å². The number of nitrogens with one attached hydrogen (secondary N) is 1. The van der Waals surface area contributed by atoms with Crippen LogP contribution in [0.15, 0.2) is 30.5 Å². The van der Waals surface area contributed by atoms with Crippen LogP contribution in [0.1, 0.15) is 22.9 Å². The molecule has 0 spiro atoms. The molecule has 1 atom stereocenters. The molecular weight excluding hydrogens is 236 g/mol. The third-order valence-electron chi connectivity index (χ3n) is 2.79. The number of hydrazine groups is 1. The minimum atomic E-state index is -0.157. The molecule has 0 bridgehead atoms. The minimum absolute atomic E-state index is 0.157. The Balaban J connectivity index is 2.43. The van der Waals surface area contributed by atoms with Crippen LogP contribution in [0, 0.1) is 6.92 Å². The number of rotatable bonds is 3. The van der Waals surface area contributed by atoms with E-state index in [1.165, 1.54) is 5.56 Å². The van der Waals surface area contributed by atoms with E-state index in [0.29, 0.717) is 5.02 Å². The Labute approximate surface area is 105 Å². The van der Waals surface area contributed by atoms with Crippen molar-refractivity contribution in [2.45, 2.75) is 13.0 Å². The topological polar surface area (TPSA) is 55.9 Å². The van der Waals surface area contributed by atoms with E-state index in [2.05, 4.69) is 10.5 Å². The largest absolute Gasteiger partial charge is 0.271 e. The van der Waals surface area contributed by atoms with Crippen molar-refractivity contribution in [3.63, 3.8) is 0 Å². The van der Waals surface area contributed by atoms with E-state index in [1.54, 1.807) is 10.9 Å². The highest BCUT2D eigenvalue weighted by Crippen LogP contribution is 2.27. The van der Waals surface area contributed by atoms with Gasteiger partial charge in [0.1, 0.15) is 0 Å². The first-order valence-corrected chi connectivity index (χ1v) is 5.71.